The van der Waals surface area contributed by atoms with E-state index in [1.807, 2.05) is 71.3 Å². The number of aromatic nitrogens is 2. The third kappa shape index (κ3) is 6.32. The number of hydrogen-bond acceptors (Lipinski definition) is 6. The van der Waals surface area contributed by atoms with E-state index in [2.05, 4.69) is 0 Å². The van der Waals surface area contributed by atoms with Gasteiger partial charge < -0.3 is 9.88 Å². The zero-order valence-corrected chi connectivity index (χ0v) is 30.5. The van der Waals surface area contributed by atoms with Crippen molar-refractivity contribution in [2.75, 3.05) is 0 Å². The van der Waals surface area contributed by atoms with Crippen LogP contribution in [0, 0.1) is 0 Å². The fourth-order valence-electron chi connectivity index (χ4n) is 6.36. The molecule has 6 aromatic rings. The minimum atomic E-state index is -4.71. The number of hydrogen-bond donors (Lipinski definition) is 2. The molecular weight excluding hydrogens is 696 g/mol. The van der Waals surface area contributed by atoms with Crippen molar-refractivity contribution in [3.8, 4) is 17.1 Å². The van der Waals surface area contributed by atoms with Gasteiger partial charge >= 0.3 is 29.6 Å². The Hall–Kier alpha value is -4.92. The smallest absolute Gasteiger partial charge is 0.657 e. The maximum absolute atomic E-state index is 12.8. The Morgan fingerprint density at radius 2 is 1.20 bits per heavy atom. The molecule has 0 fully saturated rings. The summed E-state index contributed by atoms with van der Waals surface area (Å²) in [6, 6.07) is 40.0. The van der Waals surface area contributed by atoms with E-state index in [1.54, 1.807) is 48.5 Å². The summed E-state index contributed by atoms with van der Waals surface area (Å²) in [4.78, 5) is 9.27. The molecule has 13 heteroatoms. The summed E-state index contributed by atoms with van der Waals surface area (Å²) in [5, 5.41) is 6.22. The first-order valence-corrected chi connectivity index (χ1v) is 18.2. The molecule has 8 rings (SSSR count). The van der Waals surface area contributed by atoms with Gasteiger partial charge in [0.15, 0.2) is 0 Å². The first kappa shape index (κ1) is 34.5. The van der Waals surface area contributed by atoms with E-state index in [9.17, 15) is 25.9 Å². The maximum atomic E-state index is 12.8. The van der Waals surface area contributed by atoms with Crippen LogP contribution in [0.4, 0.5) is 17.1 Å². The molecule has 0 saturated heterocycles. The summed E-state index contributed by atoms with van der Waals surface area (Å²) in [5.74, 6) is 0. The average molecular weight is 721 g/mol. The molecule has 2 N–H and O–H groups in total. The van der Waals surface area contributed by atoms with Crippen molar-refractivity contribution in [2.24, 2.45) is 4.99 Å². The Balaban J connectivity index is 0.00000406. The molecule has 0 saturated carbocycles. The minimum absolute atomic E-state index is 0. The van der Waals surface area contributed by atoms with Crippen LogP contribution in [0.1, 0.15) is 0 Å². The van der Waals surface area contributed by atoms with Gasteiger partial charge in [-0.05, 0) is 53.9 Å². The zero-order valence-electron chi connectivity index (χ0n) is 26.9. The Morgan fingerprint density at radius 1 is 0.627 bits per heavy atom. The van der Waals surface area contributed by atoms with Crippen LogP contribution in [0.3, 0.4) is 0 Å². The van der Waals surface area contributed by atoms with Gasteiger partial charge in [0.25, 0.3) is 20.2 Å². The second-order valence-corrected chi connectivity index (χ2v) is 14.3. The van der Waals surface area contributed by atoms with Gasteiger partial charge in [0.1, 0.15) is 9.79 Å². The Kier molecular flexibility index (Phi) is 9.02. The molecule has 0 spiro atoms. The quantitative estimate of drug-likeness (QED) is 0.0996. The molecule has 2 aliphatic rings. The largest absolute Gasteiger partial charge is 1.00 e. The molecule has 0 atom stereocenters. The SMILES string of the molecule is O=S(=O)(O)c1cccc2c1c([N-]c1ccccc1)cc1c2nc2c3cccc(S(=O)(=O)O)c3c(=Nc3ccccc3)cc-2n1-c1ccccc1.[Na+]. The van der Waals surface area contributed by atoms with Crippen molar-refractivity contribution in [1.29, 1.82) is 0 Å². The summed E-state index contributed by atoms with van der Waals surface area (Å²) < 4.78 is 73.8. The van der Waals surface area contributed by atoms with Gasteiger partial charge in [-0.3, -0.25) is 9.11 Å². The molecule has 246 valence electrons. The molecule has 0 amide bonds. The predicted octanol–water partition coefficient (Wildman–Crippen LogP) is 5.50. The number of rotatable bonds is 6. The van der Waals surface area contributed by atoms with E-state index >= 15 is 0 Å². The van der Waals surface area contributed by atoms with Crippen molar-refractivity contribution >= 4 is 69.9 Å². The number of nitrogens with zero attached hydrogens (tertiary/aromatic N) is 4. The number of para-hydroxylation sites is 3. The molecule has 1 aliphatic heterocycles. The van der Waals surface area contributed by atoms with Gasteiger partial charge in [0, 0.05) is 21.8 Å². The van der Waals surface area contributed by atoms with Crippen LogP contribution in [0.5, 0.6) is 0 Å². The molecule has 10 nitrogen and oxygen atoms in total. The topological polar surface area (TPSA) is 153 Å². The second-order valence-electron chi connectivity index (χ2n) is 11.5. The third-order valence-electron chi connectivity index (χ3n) is 8.39. The van der Waals surface area contributed by atoms with E-state index in [0.29, 0.717) is 44.6 Å². The minimum Gasteiger partial charge on any atom is -0.657 e. The summed E-state index contributed by atoms with van der Waals surface area (Å²) in [6.45, 7) is 0. The van der Waals surface area contributed by atoms with Crippen LogP contribution >= 0.6 is 0 Å². The Bertz CT molecular complexity index is 2890. The molecule has 0 unspecified atom stereocenters. The fourth-order valence-corrected chi connectivity index (χ4v) is 7.81. The first-order chi connectivity index (χ1) is 24.1. The van der Waals surface area contributed by atoms with Crippen LogP contribution in [0.2, 0.25) is 0 Å². The van der Waals surface area contributed by atoms with E-state index in [1.165, 1.54) is 24.3 Å². The summed E-state index contributed by atoms with van der Waals surface area (Å²) in [6.07, 6.45) is 0. The van der Waals surface area contributed by atoms with Gasteiger partial charge in [-0.2, -0.15) is 16.8 Å². The Labute approximate surface area is 314 Å². The summed E-state index contributed by atoms with van der Waals surface area (Å²) in [7, 11) is -9.42. The average Bonchev–Trinajstić information content (AvgIpc) is 3.11. The second kappa shape index (κ2) is 13.3. The van der Waals surface area contributed by atoms with Crippen LogP contribution in [0.15, 0.2) is 154 Å². The number of fused-ring (bicyclic) bond motifs is 6. The zero-order chi connectivity index (χ0) is 34.6. The van der Waals surface area contributed by atoms with Gasteiger partial charge in [0.05, 0.1) is 33.5 Å². The van der Waals surface area contributed by atoms with Crippen molar-refractivity contribution in [1.82, 2.24) is 9.55 Å². The van der Waals surface area contributed by atoms with Gasteiger partial charge in [-0.25, -0.2) is 9.98 Å². The van der Waals surface area contributed by atoms with E-state index in [4.69, 9.17) is 15.3 Å². The molecule has 1 heterocycles. The third-order valence-corrected chi connectivity index (χ3v) is 10.2. The van der Waals surface area contributed by atoms with Crippen LogP contribution < -0.4 is 34.9 Å². The van der Waals surface area contributed by atoms with Crippen molar-refractivity contribution in [2.45, 2.75) is 9.79 Å². The molecule has 51 heavy (non-hydrogen) atoms. The van der Waals surface area contributed by atoms with Crippen molar-refractivity contribution in [3.63, 3.8) is 0 Å². The van der Waals surface area contributed by atoms with E-state index < -0.39 is 20.2 Å². The first-order valence-electron chi connectivity index (χ1n) is 15.3. The molecular formula is C38H25N4NaO6S2. The Morgan fingerprint density at radius 3 is 1.82 bits per heavy atom. The molecule has 0 radical (unpaired) electrons. The van der Waals surface area contributed by atoms with E-state index in [0.717, 1.165) is 5.69 Å². The van der Waals surface area contributed by atoms with Crippen molar-refractivity contribution < 1.29 is 55.5 Å². The fraction of sp³-hybridized carbons (Fsp3) is 0. The molecule has 1 aliphatic carbocycles. The van der Waals surface area contributed by atoms with Gasteiger partial charge in [-0.1, -0.05) is 91.0 Å². The summed E-state index contributed by atoms with van der Waals surface area (Å²) in [5.41, 5.74) is 3.94. The number of benzene rings is 7. The van der Waals surface area contributed by atoms with E-state index in [-0.39, 0.29) is 61.2 Å². The molecule has 0 aromatic heterocycles. The van der Waals surface area contributed by atoms with Gasteiger partial charge in [-0.15, -0.1) is 11.4 Å². The van der Waals surface area contributed by atoms with Gasteiger partial charge in [0.2, 0.25) is 0 Å². The maximum Gasteiger partial charge on any atom is 1.00 e. The molecule has 0 bridgehead atoms. The van der Waals surface area contributed by atoms with Crippen LogP contribution in [-0.4, -0.2) is 35.5 Å². The predicted molar refractivity (Wildman–Crippen MR) is 193 cm³/mol. The molecule has 6 aromatic carbocycles. The monoisotopic (exact) mass is 720 g/mol. The standard InChI is InChI=1S/C38H25N4O6S2.Na/c43-49(44,45)33-20-10-18-27-35(33)29(39-24-12-4-1-5-13-24)22-31-37(27)41-38-28-19-11-21-34(50(46,47)48)36(28)30(40-25-14-6-2-7-15-25)23-32(38)42(31)26-16-8-3-9-17-26;/h1-23H,(H,43,44,45)(H,46,47,48);/q-1;+1. The van der Waals surface area contributed by atoms with Crippen LogP contribution in [-0.2, 0) is 20.2 Å². The summed E-state index contributed by atoms with van der Waals surface area (Å²) >= 11 is 0. The normalized spacial score (nSPS) is 12.4. The van der Waals surface area contributed by atoms with Crippen molar-refractivity contribution in [3.05, 3.63) is 150 Å². The van der Waals surface area contributed by atoms with Crippen LogP contribution in [0.25, 0.3) is 55.0 Å².